The van der Waals surface area contributed by atoms with Crippen molar-refractivity contribution in [1.82, 2.24) is 0 Å². The van der Waals surface area contributed by atoms with Gasteiger partial charge in [-0.05, 0) is 5.56 Å². The number of carbonyl (C=O) groups excluding carboxylic acids is 1. The fourth-order valence-corrected chi connectivity index (χ4v) is 1.79. The van der Waals surface area contributed by atoms with Crippen molar-refractivity contribution in [2.45, 2.75) is 4.83 Å². The Morgan fingerprint density at radius 2 is 2.00 bits per heavy atom. The van der Waals surface area contributed by atoms with Crippen LogP contribution in [0.5, 0.6) is 0 Å². The van der Waals surface area contributed by atoms with Crippen LogP contribution in [0.4, 0.5) is 0 Å². The molecule has 0 saturated heterocycles. The van der Waals surface area contributed by atoms with E-state index >= 15 is 0 Å². The second-order valence-electron chi connectivity index (χ2n) is 2.31. The van der Waals surface area contributed by atoms with Gasteiger partial charge in [-0.15, -0.1) is 0 Å². The second-order valence-corrected chi connectivity index (χ2v) is 3.23. The summed E-state index contributed by atoms with van der Waals surface area (Å²) in [6.45, 7) is 0. The highest BCUT2D eigenvalue weighted by molar-refractivity contribution is 9.09. The lowest BCUT2D eigenvalue weighted by Gasteiger charge is -2.22. The van der Waals surface area contributed by atoms with E-state index in [0.717, 1.165) is 11.1 Å². The molecular weight excluding hydrogens is 192 g/mol. The molecule has 0 spiro atoms. The zero-order valence-electron chi connectivity index (χ0n) is 5.17. The molecule has 0 saturated carbocycles. The predicted molar refractivity (Wildman–Crippen MR) is 42.4 cm³/mol. The summed E-state index contributed by atoms with van der Waals surface area (Å²) in [5, 5.41) is 0. The SMILES string of the molecule is O=C1c2ccccc2[C@H]1Br. The van der Waals surface area contributed by atoms with Crippen molar-refractivity contribution in [3.63, 3.8) is 0 Å². The molecule has 50 valence electrons. The van der Waals surface area contributed by atoms with E-state index in [1.54, 1.807) is 0 Å². The molecule has 1 aliphatic rings. The minimum absolute atomic E-state index is 0.0382. The Bertz CT molecular complexity index is 293. The summed E-state index contributed by atoms with van der Waals surface area (Å²) in [5.41, 5.74) is 1.98. The number of rotatable bonds is 0. The van der Waals surface area contributed by atoms with Crippen molar-refractivity contribution in [1.29, 1.82) is 0 Å². The molecule has 2 rings (SSSR count). The largest absolute Gasteiger partial charge is 0.293 e. The van der Waals surface area contributed by atoms with Gasteiger partial charge in [0.25, 0.3) is 0 Å². The molecule has 0 aromatic heterocycles. The van der Waals surface area contributed by atoms with Gasteiger partial charge in [-0.1, -0.05) is 40.2 Å². The molecule has 0 unspecified atom stereocenters. The summed E-state index contributed by atoms with van der Waals surface area (Å²) < 4.78 is 0. The zero-order chi connectivity index (χ0) is 7.14. The molecule has 0 N–H and O–H groups in total. The Labute approximate surface area is 67.2 Å². The van der Waals surface area contributed by atoms with Gasteiger partial charge in [0.1, 0.15) is 4.83 Å². The van der Waals surface area contributed by atoms with E-state index in [2.05, 4.69) is 15.9 Å². The average molecular weight is 197 g/mol. The molecule has 0 fully saturated rings. The maximum atomic E-state index is 11.0. The number of carbonyl (C=O) groups is 1. The molecule has 0 heterocycles. The minimum atomic E-state index is -0.0382. The molecule has 1 atom stereocenters. The summed E-state index contributed by atoms with van der Waals surface area (Å²) in [7, 11) is 0. The van der Waals surface area contributed by atoms with E-state index < -0.39 is 0 Å². The lowest BCUT2D eigenvalue weighted by molar-refractivity contribution is 0.0966. The first-order valence-electron chi connectivity index (χ1n) is 3.08. The van der Waals surface area contributed by atoms with Crippen molar-refractivity contribution in [2.24, 2.45) is 0 Å². The third-order valence-electron chi connectivity index (χ3n) is 1.73. The first kappa shape index (κ1) is 6.10. The Morgan fingerprint density at radius 1 is 1.30 bits per heavy atom. The van der Waals surface area contributed by atoms with E-state index in [1.807, 2.05) is 24.3 Å². The average Bonchev–Trinajstić information content (AvgIpc) is 2.03. The first-order valence-corrected chi connectivity index (χ1v) is 3.99. The Kier molecular flexibility index (Phi) is 1.17. The Balaban J connectivity index is 2.60. The van der Waals surface area contributed by atoms with Crippen LogP contribution < -0.4 is 0 Å². The number of halogens is 1. The van der Waals surface area contributed by atoms with E-state index in [4.69, 9.17) is 0 Å². The maximum Gasteiger partial charge on any atom is 0.181 e. The topological polar surface area (TPSA) is 17.1 Å². The molecule has 1 aliphatic carbocycles. The lowest BCUT2D eigenvalue weighted by Crippen LogP contribution is -2.20. The highest BCUT2D eigenvalue weighted by Gasteiger charge is 2.32. The van der Waals surface area contributed by atoms with Gasteiger partial charge in [-0.25, -0.2) is 0 Å². The molecule has 0 bridgehead atoms. The highest BCUT2D eigenvalue weighted by Crippen LogP contribution is 2.38. The fourth-order valence-electron chi connectivity index (χ4n) is 1.14. The van der Waals surface area contributed by atoms with E-state index in [-0.39, 0.29) is 10.6 Å². The van der Waals surface area contributed by atoms with Crippen molar-refractivity contribution in [3.8, 4) is 0 Å². The number of hydrogen-bond donors (Lipinski definition) is 0. The minimum Gasteiger partial charge on any atom is -0.293 e. The van der Waals surface area contributed by atoms with Gasteiger partial charge in [-0.2, -0.15) is 0 Å². The summed E-state index contributed by atoms with van der Waals surface area (Å²) in [6, 6.07) is 7.65. The van der Waals surface area contributed by atoms with E-state index in [0.29, 0.717) is 0 Å². The number of benzene rings is 1. The molecule has 0 aliphatic heterocycles. The number of Topliss-reactive ketones (excluding diaryl/α,β-unsaturated/α-hetero) is 1. The number of fused-ring (bicyclic) bond motifs is 1. The third kappa shape index (κ3) is 0.598. The standard InChI is InChI=1S/C8H5BrO/c9-7-5-3-1-2-4-6(5)8(7)10/h1-4,7H/t7-/m1/s1. The summed E-state index contributed by atoms with van der Waals surface area (Å²) in [5.74, 6) is 0.204. The van der Waals surface area contributed by atoms with Gasteiger partial charge in [0.15, 0.2) is 5.78 Å². The second kappa shape index (κ2) is 1.92. The van der Waals surface area contributed by atoms with Crippen molar-refractivity contribution < 1.29 is 4.79 Å². The normalized spacial score (nSPS) is 21.7. The highest BCUT2D eigenvalue weighted by atomic mass is 79.9. The van der Waals surface area contributed by atoms with Crippen molar-refractivity contribution >= 4 is 21.7 Å². The van der Waals surface area contributed by atoms with Crippen LogP contribution in [-0.4, -0.2) is 5.78 Å². The summed E-state index contributed by atoms with van der Waals surface area (Å²) in [6.07, 6.45) is 0. The van der Waals surface area contributed by atoms with Crippen LogP contribution in [0.3, 0.4) is 0 Å². The van der Waals surface area contributed by atoms with Gasteiger partial charge in [0.2, 0.25) is 0 Å². The van der Waals surface area contributed by atoms with Crippen LogP contribution in [0.2, 0.25) is 0 Å². The van der Waals surface area contributed by atoms with E-state index in [1.165, 1.54) is 0 Å². The monoisotopic (exact) mass is 196 g/mol. The quantitative estimate of drug-likeness (QED) is 0.583. The van der Waals surface area contributed by atoms with Crippen LogP contribution >= 0.6 is 15.9 Å². The Morgan fingerprint density at radius 3 is 2.70 bits per heavy atom. The van der Waals surface area contributed by atoms with Gasteiger partial charge >= 0.3 is 0 Å². The summed E-state index contributed by atoms with van der Waals surface area (Å²) >= 11 is 3.27. The molecule has 2 heteroatoms. The summed E-state index contributed by atoms with van der Waals surface area (Å²) in [4.78, 5) is 11.0. The third-order valence-corrected chi connectivity index (χ3v) is 2.64. The number of hydrogen-bond acceptors (Lipinski definition) is 1. The lowest BCUT2D eigenvalue weighted by atomic mass is 9.87. The fraction of sp³-hybridized carbons (Fsp3) is 0.125. The molecule has 0 amide bonds. The molecular formula is C8H5BrO. The van der Waals surface area contributed by atoms with Gasteiger partial charge in [-0.3, -0.25) is 4.79 Å². The van der Waals surface area contributed by atoms with Crippen molar-refractivity contribution in [2.75, 3.05) is 0 Å². The maximum absolute atomic E-state index is 11.0. The number of ketones is 1. The van der Waals surface area contributed by atoms with Crippen LogP contribution in [0.1, 0.15) is 20.7 Å². The van der Waals surface area contributed by atoms with Crippen molar-refractivity contribution in [3.05, 3.63) is 35.4 Å². The first-order chi connectivity index (χ1) is 4.80. The predicted octanol–water partition coefficient (Wildman–Crippen LogP) is 2.32. The van der Waals surface area contributed by atoms with Crippen LogP contribution in [0.15, 0.2) is 24.3 Å². The molecule has 1 aromatic carbocycles. The number of alkyl halides is 1. The van der Waals surface area contributed by atoms with Crippen LogP contribution in [-0.2, 0) is 0 Å². The van der Waals surface area contributed by atoms with Crippen LogP contribution in [0, 0.1) is 0 Å². The van der Waals surface area contributed by atoms with Crippen LogP contribution in [0.25, 0.3) is 0 Å². The molecule has 1 aromatic rings. The molecule has 10 heavy (non-hydrogen) atoms. The smallest absolute Gasteiger partial charge is 0.181 e. The molecule has 0 radical (unpaired) electrons. The van der Waals surface area contributed by atoms with Gasteiger partial charge in [0, 0.05) is 5.56 Å². The van der Waals surface area contributed by atoms with E-state index in [9.17, 15) is 4.79 Å². The molecule has 1 nitrogen and oxygen atoms in total. The van der Waals surface area contributed by atoms with Gasteiger partial charge in [0.05, 0.1) is 0 Å². The Hall–Kier alpha value is -0.630. The zero-order valence-corrected chi connectivity index (χ0v) is 6.76. The van der Waals surface area contributed by atoms with Gasteiger partial charge < -0.3 is 0 Å².